The maximum absolute atomic E-state index is 12.1. The van der Waals surface area contributed by atoms with Gasteiger partial charge in [0.2, 0.25) is 0 Å². The number of fused-ring (bicyclic) bond motifs is 1. The quantitative estimate of drug-likeness (QED) is 0.781. The van der Waals surface area contributed by atoms with Gasteiger partial charge in [-0.3, -0.25) is 9.69 Å². The highest BCUT2D eigenvalue weighted by molar-refractivity contribution is 5.77. The second-order valence-corrected chi connectivity index (χ2v) is 4.91. The zero-order valence-corrected chi connectivity index (χ0v) is 11.9. The molecular weight excluding hydrogens is 266 g/mol. The molecule has 0 aliphatic rings. The minimum atomic E-state index is -0.0929. The molecule has 1 N–H and O–H groups in total. The summed E-state index contributed by atoms with van der Waals surface area (Å²) >= 11 is 0. The van der Waals surface area contributed by atoms with Crippen LogP contribution in [0.1, 0.15) is 18.5 Å². The molecule has 0 fully saturated rings. The summed E-state index contributed by atoms with van der Waals surface area (Å²) in [6.07, 6.45) is 1.67. The van der Waals surface area contributed by atoms with Crippen molar-refractivity contribution in [3.63, 3.8) is 0 Å². The summed E-state index contributed by atoms with van der Waals surface area (Å²) in [4.78, 5) is 21.6. The fourth-order valence-electron chi connectivity index (χ4n) is 2.32. The second kappa shape index (κ2) is 5.93. The van der Waals surface area contributed by atoms with Gasteiger partial charge in [0.1, 0.15) is 11.6 Å². The van der Waals surface area contributed by atoms with Crippen LogP contribution in [0.15, 0.2) is 51.9 Å². The van der Waals surface area contributed by atoms with Crippen molar-refractivity contribution in [1.29, 1.82) is 0 Å². The SMILES string of the molecule is CCN(Cc1nc2ccccc2c(=O)[nH]1)Cc1ccco1. The summed E-state index contributed by atoms with van der Waals surface area (Å²) in [7, 11) is 0. The molecule has 0 saturated carbocycles. The Kier molecular flexibility index (Phi) is 3.83. The molecule has 21 heavy (non-hydrogen) atoms. The Morgan fingerprint density at radius 2 is 2.05 bits per heavy atom. The summed E-state index contributed by atoms with van der Waals surface area (Å²) < 4.78 is 5.36. The molecule has 0 bridgehead atoms. The number of aromatic nitrogens is 2. The van der Waals surface area contributed by atoms with Crippen LogP contribution in [0.3, 0.4) is 0 Å². The number of hydrogen-bond donors (Lipinski definition) is 1. The number of aromatic amines is 1. The Balaban J connectivity index is 1.84. The number of nitrogens with one attached hydrogen (secondary N) is 1. The number of para-hydroxylation sites is 1. The third-order valence-corrected chi connectivity index (χ3v) is 3.44. The first-order chi connectivity index (χ1) is 10.3. The number of hydrogen-bond acceptors (Lipinski definition) is 4. The van der Waals surface area contributed by atoms with Gasteiger partial charge in [0.05, 0.1) is 30.3 Å². The van der Waals surface area contributed by atoms with Crippen molar-refractivity contribution in [2.24, 2.45) is 0 Å². The van der Waals surface area contributed by atoms with E-state index in [0.717, 1.165) is 17.8 Å². The Bertz CT molecular complexity index is 778. The zero-order valence-electron chi connectivity index (χ0n) is 11.9. The van der Waals surface area contributed by atoms with Crippen LogP contribution in [0.2, 0.25) is 0 Å². The number of H-pyrrole nitrogens is 1. The van der Waals surface area contributed by atoms with Gasteiger partial charge in [-0.1, -0.05) is 19.1 Å². The lowest BCUT2D eigenvalue weighted by molar-refractivity contribution is 0.242. The lowest BCUT2D eigenvalue weighted by Gasteiger charge is -2.18. The maximum atomic E-state index is 12.1. The fraction of sp³-hybridized carbons (Fsp3) is 0.250. The number of nitrogens with zero attached hydrogens (tertiary/aromatic N) is 2. The third-order valence-electron chi connectivity index (χ3n) is 3.44. The van der Waals surface area contributed by atoms with Crippen molar-refractivity contribution in [3.8, 4) is 0 Å². The van der Waals surface area contributed by atoms with Crippen LogP contribution in [0.25, 0.3) is 10.9 Å². The van der Waals surface area contributed by atoms with Gasteiger partial charge >= 0.3 is 0 Å². The first kappa shape index (κ1) is 13.6. The lowest BCUT2D eigenvalue weighted by atomic mass is 10.2. The molecule has 0 atom stereocenters. The minimum absolute atomic E-state index is 0.0929. The molecule has 0 radical (unpaired) electrons. The van der Waals surface area contributed by atoms with Crippen LogP contribution in [-0.2, 0) is 13.1 Å². The monoisotopic (exact) mass is 283 g/mol. The van der Waals surface area contributed by atoms with Crippen molar-refractivity contribution < 1.29 is 4.42 Å². The standard InChI is InChI=1S/C16H17N3O2/c1-2-19(10-12-6-5-9-21-12)11-15-17-14-8-4-3-7-13(14)16(20)18-15/h3-9H,2,10-11H2,1H3,(H,17,18,20). The van der Waals surface area contributed by atoms with E-state index in [1.54, 1.807) is 12.3 Å². The molecule has 3 rings (SSSR count). The van der Waals surface area contributed by atoms with E-state index < -0.39 is 0 Å². The summed E-state index contributed by atoms with van der Waals surface area (Å²) in [5.74, 6) is 1.58. The van der Waals surface area contributed by atoms with Crippen molar-refractivity contribution in [2.75, 3.05) is 6.54 Å². The zero-order chi connectivity index (χ0) is 14.7. The molecular formula is C16H17N3O2. The van der Waals surface area contributed by atoms with E-state index in [1.807, 2.05) is 30.3 Å². The second-order valence-electron chi connectivity index (χ2n) is 4.91. The first-order valence-electron chi connectivity index (χ1n) is 6.99. The van der Waals surface area contributed by atoms with E-state index in [1.165, 1.54) is 0 Å². The van der Waals surface area contributed by atoms with Crippen molar-refractivity contribution >= 4 is 10.9 Å². The van der Waals surface area contributed by atoms with Crippen LogP contribution >= 0.6 is 0 Å². The highest BCUT2D eigenvalue weighted by Crippen LogP contribution is 2.10. The average molecular weight is 283 g/mol. The molecule has 5 nitrogen and oxygen atoms in total. The predicted octanol–water partition coefficient (Wildman–Crippen LogP) is 2.54. The van der Waals surface area contributed by atoms with Gasteiger partial charge < -0.3 is 9.40 Å². The maximum Gasteiger partial charge on any atom is 0.258 e. The average Bonchev–Trinajstić information content (AvgIpc) is 2.99. The molecule has 0 unspecified atom stereocenters. The van der Waals surface area contributed by atoms with Gasteiger partial charge in [0.15, 0.2) is 0 Å². The van der Waals surface area contributed by atoms with E-state index in [0.29, 0.717) is 24.3 Å². The van der Waals surface area contributed by atoms with Crippen LogP contribution in [-0.4, -0.2) is 21.4 Å². The predicted molar refractivity (Wildman–Crippen MR) is 80.9 cm³/mol. The van der Waals surface area contributed by atoms with E-state index >= 15 is 0 Å². The number of benzene rings is 1. The molecule has 1 aromatic carbocycles. The molecule has 3 aromatic rings. The largest absolute Gasteiger partial charge is 0.468 e. The minimum Gasteiger partial charge on any atom is -0.468 e. The highest BCUT2D eigenvalue weighted by Gasteiger charge is 2.10. The van der Waals surface area contributed by atoms with Gasteiger partial charge in [0, 0.05) is 0 Å². The van der Waals surface area contributed by atoms with Crippen molar-refractivity contribution in [2.45, 2.75) is 20.0 Å². The van der Waals surface area contributed by atoms with E-state index in [-0.39, 0.29) is 5.56 Å². The van der Waals surface area contributed by atoms with Gasteiger partial charge in [0.25, 0.3) is 5.56 Å². The van der Waals surface area contributed by atoms with E-state index in [9.17, 15) is 4.79 Å². The van der Waals surface area contributed by atoms with Crippen molar-refractivity contribution in [1.82, 2.24) is 14.9 Å². The van der Waals surface area contributed by atoms with Crippen LogP contribution < -0.4 is 5.56 Å². The summed E-state index contributed by atoms with van der Waals surface area (Å²) in [5, 5.41) is 0.621. The normalized spacial score (nSPS) is 11.3. The smallest absolute Gasteiger partial charge is 0.258 e. The molecule has 2 aromatic heterocycles. The molecule has 2 heterocycles. The molecule has 0 amide bonds. The highest BCUT2D eigenvalue weighted by atomic mass is 16.3. The van der Waals surface area contributed by atoms with Crippen molar-refractivity contribution in [3.05, 3.63) is 64.6 Å². The summed E-state index contributed by atoms with van der Waals surface area (Å²) in [6.45, 7) is 4.19. The molecule has 0 saturated heterocycles. The summed E-state index contributed by atoms with van der Waals surface area (Å²) in [6, 6.07) is 11.2. The van der Waals surface area contributed by atoms with E-state index in [4.69, 9.17) is 4.42 Å². The third kappa shape index (κ3) is 3.03. The topological polar surface area (TPSA) is 62.1 Å². The van der Waals surface area contributed by atoms with Gasteiger partial charge in [-0.25, -0.2) is 4.98 Å². The molecule has 0 aliphatic carbocycles. The van der Waals surface area contributed by atoms with Crippen LogP contribution in [0.4, 0.5) is 0 Å². The lowest BCUT2D eigenvalue weighted by Crippen LogP contribution is -2.25. The molecule has 5 heteroatoms. The number of rotatable bonds is 5. The molecule has 0 spiro atoms. The summed E-state index contributed by atoms with van der Waals surface area (Å²) in [5.41, 5.74) is 0.634. The molecule has 108 valence electrons. The Labute approximate surface area is 122 Å². The Morgan fingerprint density at radius 1 is 1.19 bits per heavy atom. The Morgan fingerprint density at radius 3 is 2.81 bits per heavy atom. The van der Waals surface area contributed by atoms with Gasteiger partial charge in [-0.05, 0) is 30.8 Å². The van der Waals surface area contributed by atoms with Crippen LogP contribution in [0.5, 0.6) is 0 Å². The Hall–Kier alpha value is -2.40. The van der Waals surface area contributed by atoms with E-state index in [2.05, 4.69) is 21.8 Å². The first-order valence-corrected chi connectivity index (χ1v) is 6.99. The van der Waals surface area contributed by atoms with Gasteiger partial charge in [-0.15, -0.1) is 0 Å². The number of furan rings is 1. The van der Waals surface area contributed by atoms with Gasteiger partial charge in [-0.2, -0.15) is 0 Å². The fourth-order valence-corrected chi connectivity index (χ4v) is 2.32. The molecule has 0 aliphatic heterocycles. The van der Waals surface area contributed by atoms with Crippen LogP contribution in [0, 0.1) is 0 Å².